The second-order valence-corrected chi connectivity index (χ2v) is 5.48. The van der Waals surface area contributed by atoms with E-state index in [4.69, 9.17) is 34.8 Å². The number of carbonyl (C=O) groups is 1. The number of phenols is 1. The summed E-state index contributed by atoms with van der Waals surface area (Å²) in [6.45, 7) is 0. The summed E-state index contributed by atoms with van der Waals surface area (Å²) in [5.41, 5.74) is 0.386. The molecule has 0 saturated heterocycles. The first-order valence-corrected chi connectivity index (χ1v) is 6.72. The van der Waals surface area contributed by atoms with Crippen LogP contribution in [0.4, 0.5) is 5.69 Å². The van der Waals surface area contributed by atoms with Gasteiger partial charge in [0.1, 0.15) is 4.88 Å². The van der Waals surface area contributed by atoms with Crippen LogP contribution in [0.15, 0.2) is 23.6 Å². The van der Waals surface area contributed by atoms with E-state index in [0.717, 1.165) is 0 Å². The average Bonchev–Trinajstić information content (AvgIpc) is 2.72. The van der Waals surface area contributed by atoms with Crippen LogP contribution in [0.5, 0.6) is 5.75 Å². The van der Waals surface area contributed by atoms with Crippen molar-refractivity contribution in [2.24, 2.45) is 0 Å². The number of hydrogen-bond acceptors (Lipinski definition) is 3. The van der Waals surface area contributed by atoms with Crippen molar-refractivity contribution >= 4 is 57.7 Å². The molecule has 1 aromatic carbocycles. The highest BCUT2D eigenvalue weighted by atomic mass is 35.5. The van der Waals surface area contributed by atoms with Crippen LogP contribution >= 0.6 is 46.1 Å². The van der Waals surface area contributed by atoms with Crippen LogP contribution in [-0.2, 0) is 0 Å². The Morgan fingerprint density at radius 3 is 2.28 bits per heavy atom. The minimum atomic E-state index is -0.354. The fourth-order valence-corrected chi connectivity index (χ4v) is 2.80. The highest BCUT2D eigenvalue weighted by Gasteiger charge is 2.14. The van der Waals surface area contributed by atoms with Gasteiger partial charge in [-0.2, -0.15) is 0 Å². The summed E-state index contributed by atoms with van der Waals surface area (Å²) < 4.78 is 0. The molecule has 0 aliphatic heterocycles. The van der Waals surface area contributed by atoms with Gasteiger partial charge in [0.2, 0.25) is 0 Å². The van der Waals surface area contributed by atoms with Crippen molar-refractivity contribution in [3.05, 3.63) is 43.5 Å². The molecular weight excluding hydrogens is 317 g/mol. The summed E-state index contributed by atoms with van der Waals surface area (Å²) in [4.78, 5) is 12.3. The average molecular weight is 323 g/mol. The molecule has 2 aromatic rings. The topological polar surface area (TPSA) is 49.3 Å². The second-order valence-electron chi connectivity index (χ2n) is 3.34. The molecule has 3 nitrogen and oxygen atoms in total. The number of anilines is 1. The number of hydrogen-bond donors (Lipinski definition) is 2. The fraction of sp³-hybridized carbons (Fsp3) is 0. The quantitative estimate of drug-likeness (QED) is 0.790. The SMILES string of the molecule is O=C(Nc1cc(Cl)c(O)c(Cl)c1)c1sccc1Cl. The summed E-state index contributed by atoms with van der Waals surface area (Å²) in [6, 6.07) is 4.45. The number of benzene rings is 1. The van der Waals surface area contributed by atoms with E-state index < -0.39 is 0 Å². The zero-order valence-electron chi connectivity index (χ0n) is 8.71. The first-order chi connectivity index (χ1) is 8.49. The molecule has 0 unspecified atom stereocenters. The van der Waals surface area contributed by atoms with Crippen LogP contribution in [0, 0.1) is 0 Å². The molecule has 0 bridgehead atoms. The number of thiophene rings is 1. The number of amides is 1. The monoisotopic (exact) mass is 321 g/mol. The van der Waals surface area contributed by atoms with Gasteiger partial charge in [-0.3, -0.25) is 4.79 Å². The lowest BCUT2D eigenvalue weighted by molar-refractivity contribution is 0.103. The van der Waals surface area contributed by atoms with Gasteiger partial charge in [-0.1, -0.05) is 34.8 Å². The molecule has 0 spiro atoms. The molecule has 0 radical (unpaired) electrons. The van der Waals surface area contributed by atoms with Crippen molar-refractivity contribution in [3.63, 3.8) is 0 Å². The number of aromatic hydroxyl groups is 1. The van der Waals surface area contributed by atoms with Crippen molar-refractivity contribution < 1.29 is 9.90 Å². The van der Waals surface area contributed by atoms with Gasteiger partial charge in [-0.05, 0) is 23.6 Å². The van der Waals surface area contributed by atoms with Gasteiger partial charge in [-0.15, -0.1) is 11.3 Å². The summed E-state index contributed by atoms with van der Waals surface area (Å²) in [6.07, 6.45) is 0. The Morgan fingerprint density at radius 2 is 1.78 bits per heavy atom. The molecule has 1 amide bonds. The molecule has 2 N–H and O–H groups in total. The summed E-state index contributed by atoms with van der Waals surface area (Å²) >= 11 is 18.6. The van der Waals surface area contributed by atoms with Crippen molar-refractivity contribution in [1.82, 2.24) is 0 Å². The van der Waals surface area contributed by atoms with Crippen molar-refractivity contribution in [1.29, 1.82) is 0 Å². The first kappa shape index (κ1) is 13.5. The van der Waals surface area contributed by atoms with E-state index >= 15 is 0 Å². The van der Waals surface area contributed by atoms with Crippen molar-refractivity contribution in [2.45, 2.75) is 0 Å². The molecule has 94 valence electrons. The van der Waals surface area contributed by atoms with Crippen molar-refractivity contribution in [3.8, 4) is 5.75 Å². The lowest BCUT2D eigenvalue weighted by atomic mass is 10.3. The third-order valence-corrected chi connectivity index (χ3v) is 4.01. The van der Waals surface area contributed by atoms with Gasteiger partial charge in [0.25, 0.3) is 5.91 Å². The van der Waals surface area contributed by atoms with Crippen LogP contribution in [0.1, 0.15) is 9.67 Å². The molecule has 1 heterocycles. The summed E-state index contributed by atoms with van der Waals surface area (Å²) in [7, 11) is 0. The molecule has 0 aliphatic rings. The Bertz CT molecular complexity index is 589. The standard InChI is InChI=1S/C11H6Cl3NO2S/c12-6-1-2-18-10(6)11(17)15-5-3-7(13)9(16)8(14)4-5/h1-4,16H,(H,15,17). The second kappa shape index (κ2) is 5.36. The Morgan fingerprint density at radius 1 is 1.17 bits per heavy atom. The smallest absolute Gasteiger partial charge is 0.267 e. The lowest BCUT2D eigenvalue weighted by Gasteiger charge is -2.07. The number of nitrogens with one attached hydrogen (secondary N) is 1. The summed E-state index contributed by atoms with van der Waals surface area (Å²) in [5, 5.41) is 14.2. The molecule has 18 heavy (non-hydrogen) atoms. The van der Waals surface area contributed by atoms with E-state index in [-0.39, 0.29) is 21.7 Å². The minimum Gasteiger partial charge on any atom is -0.505 e. The highest BCUT2D eigenvalue weighted by Crippen LogP contribution is 2.35. The lowest BCUT2D eigenvalue weighted by Crippen LogP contribution is -2.10. The van der Waals surface area contributed by atoms with E-state index in [1.807, 2.05) is 0 Å². The molecule has 0 saturated carbocycles. The predicted octanol–water partition coefficient (Wildman–Crippen LogP) is 4.67. The third kappa shape index (κ3) is 2.72. The Hall–Kier alpha value is -0.940. The van der Waals surface area contributed by atoms with Crippen LogP contribution in [0.2, 0.25) is 15.1 Å². The predicted molar refractivity (Wildman–Crippen MR) is 75.4 cm³/mol. The van der Waals surface area contributed by atoms with Gasteiger partial charge in [-0.25, -0.2) is 0 Å². The molecule has 0 aliphatic carbocycles. The van der Waals surface area contributed by atoms with Crippen LogP contribution < -0.4 is 5.32 Å². The van der Waals surface area contributed by atoms with E-state index in [2.05, 4.69) is 5.32 Å². The molecule has 0 fully saturated rings. The Kier molecular flexibility index (Phi) is 4.02. The molecule has 2 rings (SSSR count). The highest BCUT2D eigenvalue weighted by molar-refractivity contribution is 7.12. The maximum atomic E-state index is 11.9. The van der Waals surface area contributed by atoms with Gasteiger partial charge < -0.3 is 10.4 Å². The van der Waals surface area contributed by atoms with Gasteiger partial charge in [0, 0.05) is 5.69 Å². The zero-order chi connectivity index (χ0) is 13.3. The Balaban J connectivity index is 2.25. The van der Waals surface area contributed by atoms with Gasteiger partial charge in [0.05, 0.1) is 15.1 Å². The van der Waals surface area contributed by atoms with Crippen LogP contribution in [0.3, 0.4) is 0 Å². The fourth-order valence-electron chi connectivity index (χ4n) is 1.28. The van der Waals surface area contributed by atoms with E-state index in [9.17, 15) is 9.90 Å². The minimum absolute atomic E-state index is 0.0649. The molecule has 0 atom stereocenters. The number of rotatable bonds is 2. The van der Waals surface area contributed by atoms with Crippen molar-refractivity contribution in [2.75, 3.05) is 5.32 Å². The third-order valence-electron chi connectivity index (χ3n) is 2.10. The van der Waals surface area contributed by atoms with Crippen LogP contribution in [-0.4, -0.2) is 11.0 Å². The van der Waals surface area contributed by atoms with E-state index in [1.165, 1.54) is 23.5 Å². The molecule has 1 aromatic heterocycles. The maximum Gasteiger partial charge on any atom is 0.267 e. The van der Waals surface area contributed by atoms with Gasteiger partial charge in [0.15, 0.2) is 5.75 Å². The van der Waals surface area contributed by atoms with Crippen LogP contribution in [0.25, 0.3) is 0 Å². The first-order valence-electron chi connectivity index (χ1n) is 4.71. The normalized spacial score (nSPS) is 10.4. The van der Waals surface area contributed by atoms with Gasteiger partial charge >= 0.3 is 0 Å². The van der Waals surface area contributed by atoms with E-state index in [0.29, 0.717) is 15.6 Å². The maximum absolute atomic E-state index is 11.9. The number of halogens is 3. The summed E-state index contributed by atoms with van der Waals surface area (Å²) in [5.74, 6) is -0.571. The molecule has 7 heteroatoms. The number of carbonyl (C=O) groups excluding carboxylic acids is 1. The zero-order valence-corrected chi connectivity index (χ0v) is 11.8. The number of phenolic OH excluding ortho intramolecular Hbond substituents is 1. The molecular formula is C11H6Cl3NO2S. The van der Waals surface area contributed by atoms with E-state index in [1.54, 1.807) is 11.4 Å². The largest absolute Gasteiger partial charge is 0.505 e. The Labute approximate surface area is 122 Å².